The van der Waals surface area contributed by atoms with Crippen molar-refractivity contribution in [2.75, 3.05) is 13.1 Å². The molecule has 4 heteroatoms. The Labute approximate surface area is 112 Å². The number of carbonyl (C=O) groups excluding carboxylic acids is 1. The summed E-state index contributed by atoms with van der Waals surface area (Å²) in [5.74, 6) is 0.599. The molecular weight excluding hydrogens is 228 g/mol. The molecule has 3 N–H and O–H groups in total. The first kappa shape index (κ1) is 17.4. The van der Waals surface area contributed by atoms with Crippen LogP contribution in [0.5, 0.6) is 0 Å². The van der Waals surface area contributed by atoms with Gasteiger partial charge in [0.15, 0.2) is 0 Å². The zero-order chi connectivity index (χ0) is 14.2. The van der Waals surface area contributed by atoms with Crippen molar-refractivity contribution >= 4 is 5.91 Å². The number of rotatable bonds is 9. The van der Waals surface area contributed by atoms with E-state index in [2.05, 4.69) is 24.5 Å². The molecule has 0 aromatic carbocycles. The van der Waals surface area contributed by atoms with E-state index < -0.39 is 5.60 Å². The maximum Gasteiger partial charge on any atom is 0.236 e. The minimum absolute atomic E-state index is 0.00273. The Kier molecular flexibility index (Phi) is 8.20. The molecule has 0 spiro atoms. The predicted octanol–water partition coefficient (Wildman–Crippen LogP) is 1.68. The van der Waals surface area contributed by atoms with Gasteiger partial charge >= 0.3 is 0 Å². The molecule has 0 aliphatic carbocycles. The van der Waals surface area contributed by atoms with Crippen molar-refractivity contribution in [3.05, 3.63) is 0 Å². The van der Waals surface area contributed by atoms with Gasteiger partial charge < -0.3 is 15.7 Å². The molecule has 1 amide bonds. The summed E-state index contributed by atoms with van der Waals surface area (Å²) in [6.45, 7) is 11.1. The standard InChI is InChI=1S/C14H30N2O2/c1-6-8-14(5,18)10-16-12(4)13(17)15-9-7-11(2)3/h11-12,16,18H,6-10H2,1-5H3,(H,15,17). The summed E-state index contributed by atoms with van der Waals surface area (Å²) in [5, 5.41) is 16.0. The molecule has 4 nitrogen and oxygen atoms in total. The summed E-state index contributed by atoms with van der Waals surface area (Å²) >= 11 is 0. The lowest BCUT2D eigenvalue weighted by molar-refractivity contribution is -0.123. The van der Waals surface area contributed by atoms with Gasteiger partial charge in [0.2, 0.25) is 5.91 Å². The molecule has 0 saturated carbocycles. The average Bonchev–Trinajstić information content (AvgIpc) is 2.25. The minimum Gasteiger partial charge on any atom is -0.389 e. The number of hydrogen-bond donors (Lipinski definition) is 3. The van der Waals surface area contributed by atoms with E-state index in [4.69, 9.17) is 0 Å². The predicted molar refractivity (Wildman–Crippen MR) is 75.5 cm³/mol. The van der Waals surface area contributed by atoms with Crippen molar-refractivity contribution in [1.29, 1.82) is 0 Å². The number of carbonyl (C=O) groups is 1. The van der Waals surface area contributed by atoms with Crippen molar-refractivity contribution < 1.29 is 9.90 Å². The maximum absolute atomic E-state index is 11.7. The fourth-order valence-electron chi connectivity index (χ4n) is 1.73. The van der Waals surface area contributed by atoms with Gasteiger partial charge in [0, 0.05) is 13.1 Å². The molecule has 0 fully saturated rings. The zero-order valence-corrected chi connectivity index (χ0v) is 12.5. The lowest BCUT2D eigenvalue weighted by Gasteiger charge is -2.25. The molecule has 0 aliphatic rings. The van der Waals surface area contributed by atoms with Crippen LogP contribution < -0.4 is 10.6 Å². The lowest BCUT2D eigenvalue weighted by Crippen LogP contribution is -2.48. The fraction of sp³-hybridized carbons (Fsp3) is 0.929. The van der Waals surface area contributed by atoms with Crippen LogP contribution in [-0.2, 0) is 4.79 Å². The van der Waals surface area contributed by atoms with Crippen molar-refractivity contribution in [1.82, 2.24) is 10.6 Å². The third-order valence-corrected chi connectivity index (χ3v) is 2.99. The Morgan fingerprint density at radius 1 is 1.33 bits per heavy atom. The van der Waals surface area contributed by atoms with E-state index >= 15 is 0 Å². The van der Waals surface area contributed by atoms with Crippen LogP contribution in [0, 0.1) is 5.92 Å². The molecule has 2 unspecified atom stereocenters. The highest BCUT2D eigenvalue weighted by Crippen LogP contribution is 2.10. The van der Waals surface area contributed by atoms with Gasteiger partial charge in [-0.05, 0) is 32.6 Å². The van der Waals surface area contributed by atoms with E-state index in [0.717, 1.165) is 19.3 Å². The topological polar surface area (TPSA) is 61.4 Å². The SMILES string of the molecule is CCCC(C)(O)CNC(C)C(=O)NCCC(C)C. The largest absolute Gasteiger partial charge is 0.389 e. The minimum atomic E-state index is -0.735. The van der Waals surface area contributed by atoms with Crippen LogP contribution in [0.15, 0.2) is 0 Å². The summed E-state index contributed by atoms with van der Waals surface area (Å²) in [6, 6.07) is -0.263. The van der Waals surface area contributed by atoms with Crippen LogP contribution >= 0.6 is 0 Å². The van der Waals surface area contributed by atoms with Crippen LogP contribution in [0.3, 0.4) is 0 Å². The molecule has 0 radical (unpaired) electrons. The van der Waals surface area contributed by atoms with Gasteiger partial charge in [-0.15, -0.1) is 0 Å². The van der Waals surface area contributed by atoms with Crippen molar-refractivity contribution in [3.63, 3.8) is 0 Å². The second-order valence-corrected chi connectivity index (χ2v) is 5.82. The average molecular weight is 258 g/mol. The second-order valence-electron chi connectivity index (χ2n) is 5.82. The van der Waals surface area contributed by atoms with Gasteiger partial charge in [-0.2, -0.15) is 0 Å². The fourth-order valence-corrected chi connectivity index (χ4v) is 1.73. The number of hydrogen-bond acceptors (Lipinski definition) is 3. The maximum atomic E-state index is 11.7. The summed E-state index contributed by atoms with van der Waals surface area (Å²) in [7, 11) is 0. The Balaban J connectivity index is 3.87. The van der Waals surface area contributed by atoms with Gasteiger partial charge in [0.25, 0.3) is 0 Å². The van der Waals surface area contributed by atoms with Gasteiger partial charge in [0.05, 0.1) is 11.6 Å². The molecule has 0 rings (SSSR count). The molecule has 18 heavy (non-hydrogen) atoms. The summed E-state index contributed by atoms with van der Waals surface area (Å²) in [4.78, 5) is 11.7. The Hall–Kier alpha value is -0.610. The van der Waals surface area contributed by atoms with Crippen molar-refractivity contribution in [3.8, 4) is 0 Å². The van der Waals surface area contributed by atoms with Crippen LogP contribution in [0.1, 0.15) is 53.9 Å². The third kappa shape index (κ3) is 8.48. The molecule has 2 atom stereocenters. The first-order valence-corrected chi connectivity index (χ1v) is 7.02. The highest BCUT2D eigenvalue weighted by atomic mass is 16.3. The second kappa shape index (κ2) is 8.48. The molecular formula is C14H30N2O2. The highest BCUT2D eigenvalue weighted by molar-refractivity contribution is 5.81. The molecule has 0 heterocycles. The van der Waals surface area contributed by atoms with Gasteiger partial charge in [-0.1, -0.05) is 27.2 Å². The monoisotopic (exact) mass is 258 g/mol. The Bertz CT molecular complexity index is 240. The quantitative estimate of drug-likeness (QED) is 0.589. The van der Waals surface area contributed by atoms with E-state index in [1.165, 1.54) is 0 Å². The van der Waals surface area contributed by atoms with E-state index in [9.17, 15) is 9.90 Å². The van der Waals surface area contributed by atoms with Crippen LogP contribution in [0.25, 0.3) is 0 Å². The lowest BCUT2D eigenvalue weighted by atomic mass is 10.0. The molecule has 0 aromatic heterocycles. The van der Waals surface area contributed by atoms with Gasteiger partial charge in [-0.3, -0.25) is 4.79 Å². The van der Waals surface area contributed by atoms with E-state index in [-0.39, 0.29) is 11.9 Å². The summed E-state index contributed by atoms with van der Waals surface area (Å²) in [5.41, 5.74) is -0.735. The highest BCUT2D eigenvalue weighted by Gasteiger charge is 2.21. The smallest absolute Gasteiger partial charge is 0.236 e. The molecule has 0 saturated heterocycles. The number of nitrogens with one attached hydrogen (secondary N) is 2. The van der Waals surface area contributed by atoms with Crippen molar-refractivity contribution in [2.45, 2.75) is 65.5 Å². The Morgan fingerprint density at radius 2 is 1.94 bits per heavy atom. The first-order chi connectivity index (χ1) is 8.28. The number of aliphatic hydroxyl groups is 1. The normalized spacial score (nSPS) is 16.4. The van der Waals surface area contributed by atoms with Gasteiger partial charge in [0.1, 0.15) is 0 Å². The van der Waals surface area contributed by atoms with Crippen LogP contribution in [-0.4, -0.2) is 35.7 Å². The van der Waals surface area contributed by atoms with E-state index in [0.29, 0.717) is 19.0 Å². The Morgan fingerprint density at radius 3 is 2.44 bits per heavy atom. The van der Waals surface area contributed by atoms with Crippen LogP contribution in [0.2, 0.25) is 0 Å². The summed E-state index contributed by atoms with van der Waals surface area (Å²) in [6.07, 6.45) is 2.66. The van der Waals surface area contributed by atoms with Crippen molar-refractivity contribution in [2.24, 2.45) is 5.92 Å². The first-order valence-electron chi connectivity index (χ1n) is 7.02. The molecule has 108 valence electrons. The van der Waals surface area contributed by atoms with Gasteiger partial charge in [-0.25, -0.2) is 0 Å². The number of amides is 1. The van der Waals surface area contributed by atoms with Crippen LogP contribution in [0.4, 0.5) is 0 Å². The third-order valence-electron chi connectivity index (χ3n) is 2.99. The van der Waals surface area contributed by atoms with E-state index in [1.807, 2.05) is 13.8 Å². The summed E-state index contributed by atoms with van der Waals surface area (Å²) < 4.78 is 0. The molecule has 0 bridgehead atoms. The van der Waals surface area contributed by atoms with E-state index in [1.54, 1.807) is 6.92 Å². The molecule has 0 aliphatic heterocycles. The zero-order valence-electron chi connectivity index (χ0n) is 12.5. The molecule has 0 aromatic rings.